The van der Waals surface area contributed by atoms with Crippen molar-refractivity contribution in [1.29, 1.82) is 0 Å². The second-order valence-corrected chi connectivity index (χ2v) is 7.45. The smallest absolute Gasteiger partial charge is 0.339 e. The molecule has 0 amide bonds. The molecule has 0 atom stereocenters. The van der Waals surface area contributed by atoms with Crippen LogP contribution in [0.15, 0.2) is 30.4 Å². The van der Waals surface area contributed by atoms with E-state index in [0.29, 0.717) is 0 Å². The minimum Gasteiger partial charge on any atom is -0.507 e. The SMILES string of the molecule is CCCCCC/C=C\CCCCCCCCCc1cccc(O)c1C(=O)O. The Kier molecular flexibility index (Phi) is 13.2. The first kappa shape index (κ1) is 23.3. The van der Waals surface area contributed by atoms with E-state index in [9.17, 15) is 15.0 Å². The Hall–Kier alpha value is -1.77. The number of aryl methyl sites for hydroxylation is 1. The van der Waals surface area contributed by atoms with Gasteiger partial charge >= 0.3 is 5.97 Å². The summed E-state index contributed by atoms with van der Waals surface area (Å²) in [7, 11) is 0. The van der Waals surface area contributed by atoms with E-state index in [1.165, 1.54) is 76.7 Å². The lowest BCUT2D eigenvalue weighted by molar-refractivity contribution is 0.0692. The standard InChI is InChI=1S/C24H38O3/c1-2-3-4-5-6-7-8-9-10-11-12-13-14-15-16-18-21-19-17-20-22(25)23(21)24(26)27/h7-8,17,19-20,25H,2-6,9-16,18H2,1H3,(H,26,27)/b8-7-. The molecule has 0 heterocycles. The third kappa shape index (κ3) is 10.8. The van der Waals surface area contributed by atoms with Gasteiger partial charge in [-0.2, -0.15) is 0 Å². The van der Waals surface area contributed by atoms with Crippen molar-refractivity contribution in [3.05, 3.63) is 41.5 Å². The van der Waals surface area contributed by atoms with E-state index in [2.05, 4.69) is 19.1 Å². The Labute approximate surface area is 165 Å². The number of hydrogen-bond acceptors (Lipinski definition) is 2. The monoisotopic (exact) mass is 374 g/mol. The van der Waals surface area contributed by atoms with E-state index in [1.54, 1.807) is 12.1 Å². The zero-order valence-corrected chi connectivity index (χ0v) is 17.1. The maximum absolute atomic E-state index is 11.2. The molecule has 0 saturated heterocycles. The van der Waals surface area contributed by atoms with Crippen molar-refractivity contribution in [2.45, 2.75) is 96.8 Å². The number of benzene rings is 1. The third-order valence-corrected chi connectivity index (χ3v) is 5.05. The molecule has 0 aliphatic heterocycles. The number of carbonyl (C=O) groups is 1. The molecule has 2 N–H and O–H groups in total. The summed E-state index contributed by atoms with van der Waals surface area (Å²) in [5.74, 6) is -1.17. The Morgan fingerprint density at radius 3 is 2.00 bits per heavy atom. The number of allylic oxidation sites excluding steroid dienone is 2. The van der Waals surface area contributed by atoms with Gasteiger partial charge in [-0.1, -0.05) is 82.6 Å². The van der Waals surface area contributed by atoms with Gasteiger partial charge in [-0.3, -0.25) is 0 Å². The maximum atomic E-state index is 11.2. The van der Waals surface area contributed by atoms with E-state index < -0.39 is 5.97 Å². The van der Waals surface area contributed by atoms with E-state index in [1.807, 2.05) is 0 Å². The van der Waals surface area contributed by atoms with Crippen molar-refractivity contribution in [2.24, 2.45) is 0 Å². The summed E-state index contributed by atoms with van der Waals surface area (Å²) in [6, 6.07) is 4.96. The molecule has 3 nitrogen and oxygen atoms in total. The molecule has 0 aliphatic carbocycles. The lowest BCUT2D eigenvalue weighted by atomic mass is 9.99. The van der Waals surface area contributed by atoms with Gasteiger partial charge in [0, 0.05) is 0 Å². The van der Waals surface area contributed by atoms with Crippen LogP contribution in [0.3, 0.4) is 0 Å². The lowest BCUT2D eigenvalue weighted by Crippen LogP contribution is -2.03. The van der Waals surface area contributed by atoms with Crippen molar-refractivity contribution in [2.75, 3.05) is 0 Å². The van der Waals surface area contributed by atoms with Gasteiger partial charge in [0.25, 0.3) is 0 Å². The largest absolute Gasteiger partial charge is 0.507 e. The van der Waals surface area contributed by atoms with E-state index in [4.69, 9.17) is 0 Å². The molecule has 0 bridgehead atoms. The fourth-order valence-electron chi connectivity index (χ4n) is 3.43. The first-order valence-electron chi connectivity index (χ1n) is 10.9. The molecule has 152 valence electrons. The second-order valence-electron chi connectivity index (χ2n) is 7.45. The topological polar surface area (TPSA) is 57.5 Å². The number of carboxylic acids is 1. The molecule has 0 radical (unpaired) electrons. The van der Waals surface area contributed by atoms with Crippen LogP contribution >= 0.6 is 0 Å². The summed E-state index contributed by atoms with van der Waals surface area (Å²) in [6.07, 6.45) is 21.7. The fourth-order valence-corrected chi connectivity index (χ4v) is 3.43. The second kappa shape index (κ2) is 15.3. The molecule has 3 heteroatoms. The van der Waals surface area contributed by atoms with Crippen molar-refractivity contribution in [3.8, 4) is 5.75 Å². The molecule has 0 aromatic heterocycles. The van der Waals surface area contributed by atoms with Gasteiger partial charge in [0.15, 0.2) is 0 Å². The first-order valence-corrected chi connectivity index (χ1v) is 10.9. The van der Waals surface area contributed by atoms with Crippen molar-refractivity contribution >= 4 is 5.97 Å². The normalized spacial score (nSPS) is 11.3. The van der Waals surface area contributed by atoms with Crippen LogP contribution in [0.1, 0.15) is 106 Å². The van der Waals surface area contributed by atoms with Crippen LogP contribution in [0.25, 0.3) is 0 Å². The number of hydrogen-bond donors (Lipinski definition) is 2. The highest BCUT2D eigenvalue weighted by Gasteiger charge is 2.14. The van der Waals surface area contributed by atoms with Gasteiger partial charge in [-0.25, -0.2) is 4.79 Å². The van der Waals surface area contributed by atoms with Crippen LogP contribution in [-0.4, -0.2) is 16.2 Å². The minimum atomic E-state index is -1.04. The highest BCUT2D eigenvalue weighted by atomic mass is 16.4. The molecule has 0 fully saturated rings. The molecule has 1 aromatic carbocycles. The summed E-state index contributed by atoms with van der Waals surface area (Å²) in [6.45, 7) is 2.25. The summed E-state index contributed by atoms with van der Waals surface area (Å²) in [5.41, 5.74) is 0.805. The maximum Gasteiger partial charge on any atom is 0.339 e. The molecular formula is C24H38O3. The van der Waals surface area contributed by atoms with Gasteiger partial charge in [0.05, 0.1) is 0 Å². The van der Waals surface area contributed by atoms with Gasteiger partial charge in [0.1, 0.15) is 11.3 Å². The quantitative estimate of drug-likeness (QED) is 0.236. The number of rotatable bonds is 16. The Morgan fingerprint density at radius 1 is 0.852 bits per heavy atom. The van der Waals surface area contributed by atoms with Crippen LogP contribution in [0.2, 0.25) is 0 Å². The summed E-state index contributed by atoms with van der Waals surface area (Å²) in [5, 5.41) is 18.9. The number of aromatic carboxylic acids is 1. The van der Waals surface area contributed by atoms with Crippen LogP contribution in [-0.2, 0) is 6.42 Å². The molecule has 1 aromatic rings. The minimum absolute atomic E-state index is 0.0657. The fraction of sp³-hybridized carbons (Fsp3) is 0.625. The molecule has 0 spiro atoms. The average molecular weight is 375 g/mol. The van der Waals surface area contributed by atoms with Crippen LogP contribution in [0.5, 0.6) is 5.75 Å². The van der Waals surface area contributed by atoms with Gasteiger partial charge < -0.3 is 10.2 Å². The molecule has 0 saturated carbocycles. The van der Waals surface area contributed by atoms with Crippen LogP contribution in [0.4, 0.5) is 0 Å². The highest BCUT2D eigenvalue weighted by Crippen LogP contribution is 2.23. The molecule has 1 rings (SSSR count). The molecule has 0 unspecified atom stereocenters. The van der Waals surface area contributed by atoms with E-state index in [-0.39, 0.29) is 11.3 Å². The van der Waals surface area contributed by atoms with Crippen LogP contribution in [0, 0.1) is 0 Å². The van der Waals surface area contributed by atoms with E-state index in [0.717, 1.165) is 24.8 Å². The number of phenols is 1. The van der Waals surface area contributed by atoms with Gasteiger partial charge in [0.2, 0.25) is 0 Å². The van der Waals surface area contributed by atoms with Crippen LogP contribution < -0.4 is 0 Å². The third-order valence-electron chi connectivity index (χ3n) is 5.05. The predicted molar refractivity (Wildman–Crippen MR) is 114 cm³/mol. The number of unbranched alkanes of at least 4 members (excludes halogenated alkanes) is 11. The Bertz CT molecular complexity index is 549. The van der Waals surface area contributed by atoms with Gasteiger partial charge in [-0.15, -0.1) is 0 Å². The lowest BCUT2D eigenvalue weighted by Gasteiger charge is -2.07. The Morgan fingerprint density at radius 2 is 1.41 bits per heavy atom. The van der Waals surface area contributed by atoms with Crippen molar-refractivity contribution in [3.63, 3.8) is 0 Å². The number of carboxylic acid groups (broad SMARTS) is 1. The van der Waals surface area contributed by atoms with Crippen molar-refractivity contribution < 1.29 is 15.0 Å². The summed E-state index contributed by atoms with van der Waals surface area (Å²) in [4.78, 5) is 11.2. The summed E-state index contributed by atoms with van der Waals surface area (Å²) < 4.78 is 0. The molecule has 0 aliphatic rings. The number of aromatic hydroxyl groups is 1. The summed E-state index contributed by atoms with van der Waals surface area (Å²) >= 11 is 0. The Balaban J connectivity index is 1.99. The highest BCUT2D eigenvalue weighted by molar-refractivity contribution is 5.92. The van der Waals surface area contributed by atoms with E-state index >= 15 is 0 Å². The van der Waals surface area contributed by atoms with Gasteiger partial charge in [-0.05, 0) is 50.2 Å². The molecule has 27 heavy (non-hydrogen) atoms. The zero-order chi connectivity index (χ0) is 19.7. The zero-order valence-electron chi connectivity index (χ0n) is 17.1. The predicted octanol–water partition coefficient (Wildman–Crippen LogP) is 7.28. The molecular weight excluding hydrogens is 336 g/mol. The first-order chi connectivity index (χ1) is 13.2. The average Bonchev–Trinajstić information content (AvgIpc) is 2.64. The van der Waals surface area contributed by atoms with Crippen molar-refractivity contribution in [1.82, 2.24) is 0 Å².